The minimum Gasteiger partial charge on any atom is -0.478 e. The van der Waals surface area contributed by atoms with Crippen molar-refractivity contribution in [3.63, 3.8) is 0 Å². The number of rotatable bonds is 6. The molecule has 5 nitrogen and oxygen atoms in total. The summed E-state index contributed by atoms with van der Waals surface area (Å²) in [5, 5.41) is 9.79. The number of nitrogens with zero attached hydrogens (tertiary/aromatic N) is 3. The van der Waals surface area contributed by atoms with Crippen molar-refractivity contribution in [3.05, 3.63) is 89.4 Å². The van der Waals surface area contributed by atoms with Crippen molar-refractivity contribution in [1.82, 2.24) is 14.5 Å². The second-order valence-electron chi connectivity index (χ2n) is 6.21. The van der Waals surface area contributed by atoms with Crippen molar-refractivity contribution < 1.29 is 14.3 Å². The van der Waals surface area contributed by atoms with Crippen LogP contribution < -0.4 is 0 Å². The quantitative estimate of drug-likeness (QED) is 0.485. The Balaban J connectivity index is 1.65. The Morgan fingerprint density at radius 3 is 2.61 bits per heavy atom. The highest BCUT2D eigenvalue weighted by molar-refractivity contribution is 7.98. The van der Waals surface area contributed by atoms with Crippen molar-refractivity contribution in [2.75, 3.05) is 0 Å². The molecule has 0 bridgehead atoms. The smallest absolute Gasteiger partial charge is 0.335 e. The van der Waals surface area contributed by atoms with Crippen LogP contribution in [0.1, 0.15) is 21.5 Å². The van der Waals surface area contributed by atoms with Gasteiger partial charge in [-0.25, -0.2) is 19.2 Å². The fourth-order valence-corrected chi connectivity index (χ4v) is 3.87. The molecule has 0 saturated carbocycles. The van der Waals surface area contributed by atoms with E-state index in [4.69, 9.17) is 5.11 Å². The van der Waals surface area contributed by atoms with Gasteiger partial charge in [0, 0.05) is 11.9 Å². The topological polar surface area (TPSA) is 68.0 Å². The summed E-state index contributed by atoms with van der Waals surface area (Å²) in [6.45, 7) is 0.493. The zero-order valence-corrected chi connectivity index (χ0v) is 15.6. The highest BCUT2D eigenvalue weighted by Crippen LogP contribution is 2.27. The molecular formula is C21H16FN3O2S. The highest BCUT2D eigenvalue weighted by atomic mass is 32.2. The van der Waals surface area contributed by atoms with Gasteiger partial charge in [-0.1, -0.05) is 42.1 Å². The van der Waals surface area contributed by atoms with Crippen LogP contribution in [0, 0.1) is 5.82 Å². The lowest BCUT2D eigenvalue weighted by molar-refractivity contribution is 0.0697. The SMILES string of the molecule is O=C(O)c1ccc(Cn2c(SCc3ccccc3F)nc3cccnc32)cc1. The number of thioether (sulfide) groups is 1. The first-order chi connectivity index (χ1) is 13.6. The van der Waals surface area contributed by atoms with E-state index in [0.717, 1.165) is 21.9 Å². The number of hydrogen-bond acceptors (Lipinski definition) is 4. The predicted molar refractivity (Wildman–Crippen MR) is 106 cm³/mol. The van der Waals surface area contributed by atoms with Crippen LogP contribution >= 0.6 is 11.8 Å². The number of benzene rings is 2. The standard InChI is InChI=1S/C21H16FN3O2S/c22-17-5-2-1-4-16(17)13-28-21-24-18-6-3-11-23-19(18)25(21)12-14-7-9-15(10-8-14)20(26)27/h1-11H,12-13H2,(H,26,27). The molecular weight excluding hydrogens is 377 g/mol. The third-order valence-electron chi connectivity index (χ3n) is 4.32. The Hall–Kier alpha value is -3.19. The number of hydrogen-bond donors (Lipinski definition) is 1. The minimum atomic E-state index is -0.956. The monoisotopic (exact) mass is 393 g/mol. The second kappa shape index (κ2) is 7.82. The molecule has 0 aliphatic rings. The molecule has 4 rings (SSSR count). The van der Waals surface area contributed by atoms with Crippen molar-refractivity contribution >= 4 is 28.9 Å². The maximum absolute atomic E-state index is 13.9. The average Bonchev–Trinajstić information content (AvgIpc) is 3.05. The van der Waals surface area contributed by atoms with Crippen LogP contribution in [-0.4, -0.2) is 25.6 Å². The molecule has 4 aromatic rings. The lowest BCUT2D eigenvalue weighted by atomic mass is 10.1. The Morgan fingerprint density at radius 2 is 1.86 bits per heavy atom. The number of fused-ring (bicyclic) bond motifs is 1. The van der Waals surface area contributed by atoms with Gasteiger partial charge in [-0.15, -0.1) is 0 Å². The van der Waals surface area contributed by atoms with E-state index >= 15 is 0 Å². The molecule has 0 radical (unpaired) electrons. The van der Waals surface area contributed by atoms with E-state index in [-0.39, 0.29) is 11.4 Å². The molecule has 2 aromatic heterocycles. The minimum absolute atomic E-state index is 0.236. The van der Waals surface area contributed by atoms with Gasteiger partial charge in [0.2, 0.25) is 0 Å². The van der Waals surface area contributed by atoms with E-state index in [1.54, 1.807) is 42.6 Å². The molecule has 0 aliphatic carbocycles. The largest absolute Gasteiger partial charge is 0.478 e. The van der Waals surface area contributed by atoms with Crippen LogP contribution in [0.2, 0.25) is 0 Å². The van der Waals surface area contributed by atoms with E-state index in [1.165, 1.54) is 17.8 Å². The van der Waals surface area contributed by atoms with Crippen molar-refractivity contribution in [2.24, 2.45) is 0 Å². The van der Waals surface area contributed by atoms with Crippen LogP contribution in [0.3, 0.4) is 0 Å². The molecule has 0 spiro atoms. The fraction of sp³-hybridized carbons (Fsp3) is 0.0952. The number of carboxylic acids is 1. The van der Waals surface area contributed by atoms with Crippen LogP contribution in [0.15, 0.2) is 72.0 Å². The van der Waals surface area contributed by atoms with Crippen LogP contribution in [0.5, 0.6) is 0 Å². The molecule has 2 heterocycles. The molecule has 0 saturated heterocycles. The lowest BCUT2D eigenvalue weighted by Crippen LogP contribution is -2.04. The van der Waals surface area contributed by atoms with Gasteiger partial charge in [0.25, 0.3) is 0 Å². The Bertz CT molecular complexity index is 1140. The number of imidazole rings is 1. The predicted octanol–water partition coefficient (Wildman–Crippen LogP) is 4.61. The van der Waals surface area contributed by atoms with E-state index in [2.05, 4.69) is 9.97 Å². The fourth-order valence-electron chi connectivity index (χ4n) is 2.88. The first kappa shape index (κ1) is 18.2. The van der Waals surface area contributed by atoms with Gasteiger partial charge in [-0.05, 0) is 41.5 Å². The number of carbonyl (C=O) groups is 1. The molecule has 28 heavy (non-hydrogen) atoms. The maximum atomic E-state index is 13.9. The van der Waals surface area contributed by atoms with Gasteiger partial charge in [-0.2, -0.15) is 0 Å². The number of aromatic carboxylic acids is 1. The zero-order valence-electron chi connectivity index (χ0n) is 14.7. The van der Waals surface area contributed by atoms with Gasteiger partial charge >= 0.3 is 5.97 Å². The number of pyridine rings is 1. The Morgan fingerprint density at radius 1 is 1.07 bits per heavy atom. The van der Waals surface area contributed by atoms with E-state index in [1.807, 2.05) is 22.8 Å². The van der Waals surface area contributed by atoms with Gasteiger partial charge in [0.05, 0.1) is 12.1 Å². The molecule has 0 atom stereocenters. The van der Waals surface area contributed by atoms with Crippen LogP contribution in [0.4, 0.5) is 4.39 Å². The number of halogens is 1. The number of aromatic nitrogens is 3. The molecule has 7 heteroatoms. The summed E-state index contributed by atoms with van der Waals surface area (Å²) in [5.74, 6) is -0.740. The Labute approximate surface area is 164 Å². The normalized spacial score (nSPS) is 11.0. The summed E-state index contributed by atoms with van der Waals surface area (Å²) in [6, 6.07) is 17.1. The highest BCUT2D eigenvalue weighted by Gasteiger charge is 2.14. The van der Waals surface area contributed by atoms with Crippen molar-refractivity contribution in [3.8, 4) is 0 Å². The summed E-state index contributed by atoms with van der Waals surface area (Å²) >= 11 is 1.45. The second-order valence-corrected chi connectivity index (χ2v) is 7.15. The van der Waals surface area contributed by atoms with E-state index in [0.29, 0.717) is 17.9 Å². The van der Waals surface area contributed by atoms with Gasteiger partial charge < -0.3 is 5.11 Å². The third kappa shape index (κ3) is 3.75. The molecule has 0 amide bonds. The molecule has 140 valence electrons. The summed E-state index contributed by atoms with van der Waals surface area (Å²) in [6.07, 6.45) is 1.71. The molecule has 0 unspecified atom stereocenters. The summed E-state index contributed by atoms with van der Waals surface area (Å²) in [7, 11) is 0. The van der Waals surface area contributed by atoms with E-state index < -0.39 is 5.97 Å². The van der Waals surface area contributed by atoms with Gasteiger partial charge in [0.15, 0.2) is 10.8 Å². The van der Waals surface area contributed by atoms with Gasteiger partial charge in [0.1, 0.15) is 11.3 Å². The van der Waals surface area contributed by atoms with Crippen molar-refractivity contribution in [1.29, 1.82) is 0 Å². The van der Waals surface area contributed by atoms with Crippen LogP contribution in [-0.2, 0) is 12.3 Å². The zero-order chi connectivity index (χ0) is 19.5. The first-order valence-corrected chi connectivity index (χ1v) is 9.60. The third-order valence-corrected chi connectivity index (χ3v) is 5.35. The first-order valence-electron chi connectivity index (χ1n) is 8.61. The summed E-state index contributed by atoms with van der Waals surface area (Å²) in [5.41, 5.74) is 3.29. The molecule has 0 aliphatic heterocycles. The maximum Gasteiger partial charge on any atom is 0.335 e. The summed E-state index contributed by atoms with van der Waals surface area (Å²) in [4.78, 5) is 20.1. The Kier molecular flexibility index (Phi) is 5.08. The van der Waals surface area contributed by atoms with Gasteiger partial charge in [-0.3, -0.25) is 4.57 Å². The van der Waals surface area contributed by atoms with Crippen molar-refractivity contribution in [2.45, 2.75) is 17.5 Å². The van der Waals surface area contributed by atoms with Crippen LogP contribution in [0.25, 0.3) is 11.2 Å². The number of carboxylic acid groups (broad SMARTS) is 1. The lowest BCUT2D eigenvalue weighted by Gasteiger charge is -2.09. The average molecular weight is 393 g/mol. The summed E-state index contributed by atoms with van der Waals surface area (Å²) < 4.78 is 15.9. The molecule has 1 N–H and O–H groups in total. The molecule has 2 aromatic carbocycles. The molecule has 0 fully saturated rings. The van der Waals surface area contributed by atoms with E-state index in [9.17, 15) is 9.18 Å².